The summed E-state index contributed by atoms with van der Waals surface area (Å²) >= 11 is 0. The molecule has 474 valence electrons. The van der Waals surface area contributed by atoms with Gasteiger partial charge in [-0.05, 0) is 128 Å². The molecule has 0 bridgehead atoms. The van der Waals surface area contributed by atoms with E-state index in [1.54, 1.807) is 0 Å². The van der Waals surface area contributed by atoms with Crippen molar-refractivity contribution in [1.29, 1.82) is 0 Å². The van der Waals surface area contributed by atoms with Crippen LogP contribution in [0.4, 0.5) is 0 Å². The Kier molecular flexibility index (Phi) is 66.7. The highest BCUT2D eigenvalue weighted by atomic mass is 16.6. The van der Waals surface area contributed by atoms with E-state index in [9.17, 15) is 14.4 Å². The SMILES string of the molecule is CC/C=C\C/C=C\C/C=C\C/C=C\C/C=C\C/C=C\C/C=C\CCCCCCCCCCCC(=O)OCC(COC(=O)CCCCCCC/C=C\C/C=C\CCC)OC(=O)CCCCCCCCCCC/C=C\CCCCCCCCCC. The molecule has 0 aliphatic carbocycles. The molecule has 0 saturated carbocycles. The Bertz CT molecular complexity index is 1700. The Labute approximate surface area is 513 Å². The Balaban J connectivity index is 4.30. The fourth-order valence-electron chi connectivity index (χ4n) is 9.69. The largest absolute Gasteiger partial charge is 0.462 e. The molecule has 0 fully saturated rings. The van der Waals surface area contributed by atoms with Crippen molar-refractivity contribution < 1.29 is 28.6 Å². The molecular formula is C77H130O6. The van der Waals surface area contributed by atoms with Crippen LogP contribution in [-0.4, -0.2) is 37.2 Å². The standard InChI is InChI=1S/C77H130O6/c1-4-7-10-13-16-19-22-25-27-29-31-33-34-35-36-37-38-39-40-41-42-44-45-47-49-52-55-58-61-64-67-70-76(79)82-73-74(72-81-75(78)69-66-63-60-57-54-51-24-21-18-15-12-9-6-3)83-77(80)71-68-65-62-59-56-53-50-48-46-43-32-30-28-26-23-20-17-14-11-8-5-2/h7,10,12,15-16,19,21,24-25,27,30-33,35-36,38-39,41-42,74H,4-6,8-9,11,13-14,17-18,20,22-23,26,28-29,34,37,40,43-73H2,1-3H3/b10-7-,15-12-,19-16-,24-21-,27-25-,32-30-,33-31-,36-35-,39-38-,42-41-. The van der Waals surface area contributed by atoms with Crippen molar-refractivity contribution in [1.82, 2.24) is 0 Å². The molecule has 0 aromatic heterocycles. The second-order valence-electron chi connectivity index (χ2n) is 23.1. The molecule has 1 unspecified atom stereocenters. The predicted octanol–water partition coefficient (Wildman–Crippen LogP) is 24.3. The Morgan fingerprint density at radius 3 is 0.795 bits per heavy atom. The quantitative estimate of drug-likeness (QED) is 0.0261. The number of ether oxygens (including phenoxy) is 3. The normalized spacial score (nSPS) is 12.9. The van der Waals surface area contributed by atoms with Crippen LogP contribution in [0.3, 0.4) is 0 Å². The molecule has 0 spiro atoms. The van der Waals surface area contributed by atoms with E-state index >= 15 is 0 Å². The Hall–Kier alpha value is -4.19. The topological polar surface area (TPSA) is 78.9 Å². The molecular weight excluding hydrogens is 1020 g/mol. The second-order valence-corrected chi connectivity index (χ2v) is 23.1. The molecule has 0 aromatic rings. The molecule has 83 heavy (non-hydrogen) atoms. The Morgan fingerprint density at radius 2 is 0.494 bits per heavy atom. The predicted molar refractivity (Wildman–Crippen MR) is 362 cm³/mol. The van der Waals surface area contributed by atoms with E-state index in [4.69, 9.17) is 14.2 Å². The monoisotopic (exact) mass is 1150 g/mol. The van der Waals surface area contributed by atoms with Gasteiger partial charge in [0.1, 0.15) is 13.2 Å². The van der Waals surface area contributed by atoms with Crippen LogP contribution in [0.15, 0.2) is 122 Å². The van der Waals surface area contributed by atoms with Crippen molar-refractivity contribution in [3.8, 4) is 0 Å². The third-order valence-electron chi connectivity index (χ3n) is 14.9. The highest BCUT2D eigenvalue weighted by Gasteiger charge is 2.19. The lowest BCUT2D eigenvalue weighted by Crippen LogP contribution is -2.30. The second kappa shape index (κ2) is 70.3. The highest BCUT2D eigenvalue weighted by Crippen LogP contribution is 2.16. The van der Waals surface area contributed by atoms with E-state index in [2.05, 4.69) is 142 Å². The fourth-order valence-corrected chi connectivity index (χ4v) is 9.69. The summed E-state index contributed by atoms with van der Waals surface area (Å²) in [5, 5.41) is 0. The maximum Gasteiger partial charge on any atom is 0.306 e. The number of hydrogen-bond donors (Lipinski definition) is 0. The average molecular weight is 1150 g/mol. The van der Waals surface area contributed by atoms with Crippen LogP contribution < -0.4 is 0 Å². The number of carbonyl (C=O) groups excluding carboxylic acids is 3. The van der Waals surface area contributed by atoms with Crippen LogP contribution >= 0.6 is 0 Å². The summed E-state index contributed by atoms with van der Waals surface area (Å²) in [5.41, 5.74) is 0. The van der Waals surface area contributed by atoms with Crippen molar-refractivity contribution in [3.05, 3.63) is 122 Å². The van der Waals surface area contributed by atoms with Gasteiger partial charge in [-0.25, -0.2) is 0 Å². The number of carbonyl (C=O) groups is 3. The average Bonchev–Trinajstić information content (AvgIpc) is 3.49. The molecule has 0 rings (SSSR count). The maximum absolute atomic E-state index is 12.9. The molecule has 0 N–H and O–H groups in total. The number of rotatable bonds is 63. The fraction of sp³-hybridized carbons (Fsp3) is 0.701. The van der Waals surface area contributed by atoms with E-state index in [0.717, 1.165) is 141 Å². The van der Waals surface area contributed by atoms with Crippen LogP contribution in [0, 0.1) is 0 Å². The van der Waals surface area contributed by atoms with Crippen LogP contribution in [0.25, 0.3) is 0 Å². The van der Waals surface area contributed by atoms with Gasteiger partial charge >= 0.3 is 17.9 Å². The van der Waals surface area contributed by atoms with Crippen LogP contribution in [0.2, 0.25) is 0 Å². The van der Waals surface area contributed by atoms with Gasteiger partial charge in [0.2, 0.25) is 0 Å². The summed E-state index contributed by atoms with van der Waals surface area (Å²) in [7, 11) is 0. The van der Waals surface area contributed by atoms with E-state index in [1.165, 1.54) is 148 Å². The first-order chi connectivity index (χ1) is 41.0. The van der Waals surface area contributed by atoms with Gasteiger partial charge in [-0.3, -0.25) is 14.4 Å². The molecule has 0 saturated heterocycles. The van der Waals surface area contributed by atoms with Gasteiger partial charge < -0.3 is 14.2 Å². The molecule has 6 heteroatoms. The minimum Gasteiger partial charge on any atom is -0.462 e. The van der Waals surface area contributed by atoms with E-state index < -0.39 is 6.10 Å². The zero-order valence-corrected chi connectivity index (χ0v) is 54.4. The zero-order valence-electron chi connectivity index (χ0n) is 54.4. The van der Waals surface area contributed by atoms with Crippen LogP contribution in [-0.2, 0) is 28.6 Å². The summed E-state index contributed by atoms with van der Waals surface area (Å²) < 4.78 is 17.0. The number of hydrogen-bond acceptors (Lipinski definition) is 6. The smallest absolute Gasteiger partial charge is 0.306 e. The van der Waals surface area contributed by atoms with Crippen molar-refractivity contribution in [2.45, 2.75) is 335 Å². The van der Waals surface area contributed by atoms with Gasteiger partial charge in [-0.2, -0.15) is 0 Å². The van der Waals surface area contributed by atoms with Gasteiger partial charge in [0, 0.05) is 19.3 Å². The summed E-state index contributed by atoms with van der Waals surface area (Å²) in [6.45, 7) is 6.47. The first-order valence-corrected chi connectivity index (χ1v) is 35.0. The summed E-state index contributed by atoms with van der Waals surface area (Å²) in [5.74, 6) is -0.899. The third-order valence-corrected chi connectivity index (χ3v) is 14.9. The van der Waals surface area contributed by atoms with Gasteiger partial charge in [-0.15, -0.1) is 0 Å². The van der Waals surface area contributed by atoms with Crippen molar-refractivity contribution >= 4 is 17.9 Å². The van der Waals surface area contributed by atoms with Crippen LogP contribution in [0.1, 0.15) is 329 Å². The van der Waals surface area contributed by atoms with Gasteiger partial charge in [0.25, 0.3) is 0 Å². The number of unbranched alkanes of at least 4 members (excludes halogenated alkanes) is 32. The maximum atomic E-state index is 12.9. The van der Waals surface area contributed by atoms with Crippen molar-refractivity contribution in [3.63, 3.8) is 0 Å². The lowest BCUT2D eigenvalue weighted by Gasteiger charge is -2.18. The van der Waals surface area contributed by atoms with Gasteiger partial charge in [0.15, 0.2) is 6.10 Å². The molecule has 0 amide bonds. The molecule has 1 atom stereocenters. The molecule has 0 heterocycles. The van der Waals surface area contributed by atoms with Crippen molar-refractivity contribution in [2.24, 2.45) is 0 Å². The molecule has 0 aromatic carbocycles. The van der Waals surface area contributed by atoms with E-state index in [1.807, 2.05) is 0 Å². The minimum absolute atomic E-state index is 0.0871. The molecule has 0 radical (unpaired) electrons. The highest BCUT2D eigenvalue weighted by molar-refractivity contribution is 5.71. The Morgan fingerprint density at radius 1 is 0.253 bits per heavy atom. The first-order valence-electron chi connectivity index (χ1n) is 35.0. The molecule has 0 aliphatic rings. The van der Waals surface area contributed by atoms with Gasteiger partial charge in [0.05, 0.1) is 0 Å². The molecule has 6 nitrogen and oxygen atoms in total. The van der Waals surface area contributed by atoms with Crippen LogP contribution in [0.5, 0.6) is 0 Å². The number of allylic oxidation sites excluding steroid dienone is 20. The third kappa shape index (κ3) is 68.5. The summed E-state index contributed by atoms with van der Waals surface area (Å²) in [6, 6.07) is 0. The van der Waals surface area contributed by atoms with E-state index in [0.29, 0.717) is 19.3 Å². The summed E-state index contributed by atoms with van der Waals surface area (Å²) in [6.07, 6.45) is 97.9. The van der Waals surface area contributed by atoms with Crippen molar-refractivity contribution in [2.75, 3.05) is 13.2 Å². The molecule has 0 aliphatic heterocycles. The minimum atomic E-state index is -0.791. The van der Waals surface area contributed by atoms with Gasteiger partial charge in [-0.1, -0.05) is 303 Å². The van der Waals surface area contributed by atoms with E-state index in [-0.39, 0.29) is 31.1 Å². The number of esters is 3. The first kappa shape index (κ1) is 78.8. The zero-order chi connectivity index (χ0) is 59.9. The lowest BCUT2D eigenvalue weighted by atomic mass is 10.1. The lowest BCUT2D eigenvalue weighted by molar-refractivity contribution is -0.167. The summed E-state index contributed by atoms with van der Waals surface area (Å²) in [4.78, 5) is 38.4.